The third kappa shape index (κ3) is 2.92. The Bertz CT molecular complexity index is 389. The quantitative estimate of drug-likeness (QED) is 0.803. The number of rotatable bonds is 6. The summed E-state index contributed by atoms with van der Waals surface area (Å²) in [4.78, 5) is 0. The molecule has 2 unspecified atom stereocenters. The van der Waals surface area contributed by atoms with E-state index in [-0.39, 0.29) is 5.82 Å². The topological polar surface area (TPSA) is 12.0 Å². The molecule has 1 aliphatic carbocycles. The molecule has 2 rings (SSSR count). The van der Waals surface area contributed by atoms with Crippen LogP contribution in [0.5, 0.6) is 0 Å². The van der Waals surface area contributed by atoms with E-state index in [1.54, 1.807) is 12.1 Å². The summed E-state index contributed by atoms with van der Waals surface area (Å²) < 4.78 is 13.2. The standard InChI is InChI=1S/C16H24FN/c1-3-5-16(18-10-4-2)15-8-6-12-11-13(17)7-9-14(12)15/h7,9,11,15-16,18H,3-6,8,10H2,1-2H3. The van der Waals surface area contributed by atoms with Crippen molar-refractivity contribution in [3.05, 3.63) is 35.1 Å². The molecule has 1 aromatic rings. The van der Waals surface area contributed by atoms with Gasteiger partial charge < -0.3 is 5.32 Å². The van der Waals surface area contributed by atoms with Crippen molar-refractivity contribution in [3.63, 3.8) is 0 Å². The smallest absolute Gasteiger partial charge is 0.123 e. The summed E-state index contributed by atoms with van der Waals surface area (Å²) in [5, 5.41) is 3.67. The second kappa shape index (κ2) is 6.33. The van der Waals surface area contributed by atoms with Crippen molar-refractivity contribution < 1.29 is 4.39 Å². The third-order valence-corrected chi connectivity index (χ3v) is 3.97. The summed E-state index contributed by atoms with van der Waals surface area (Å²) in [6, 6.07) is 5.89. The lowest BCUT2D eigenvalue weighted by molar-refractivity contribution is 0.402. The van der Waals surface area contributed by atoms with E-state index in [2.05, 4.69) is 19.2 Å². The number of hydrogen-bond acceptors (Lipinski definition) is 1. The van der Waals surface area contributed by atoms with E-state index in [1.165, 1.54) is 36.8 Å². The van der Waals surface area contributed by atoms with Crippen LogP contribution < -0.4 is 5.32 Å². The van der Waals surface area contributed by atoms with E-state index in [1.807, 2.05) is 6.07 Å². The van der Waals surface area contributed by atoms with Crippen molar-refractivity contribution in [3.8, 4) is 0 Å². The molecule has 2 atom stereocenters. The van der Waals surface area contributed by atoms with E-state index in [0.717, 1.165) is 13.0 Å². The minimum Gasteiger partial charge on any atom is -0.313 e. The van der Waals surface area contributed by atoms with E-state index in [0.29, 0.717) is 12.0 Å². The van der Waals surface area contributed by atoms with Crippen molar-refractivity contribution in [2.45, 2.75) is 57.9 Å². The summed E-state index contributed by atoms with van der Waals surface area (Å²) in [6.07, 6.45) is 5.78. The highest BCUT2D eigenvalue weighted by Gasteiger charge is 2.28. The van der Waals surface area contributed by atoms with Crippen LogP contribution in [0, 0.1) is 5.82 Å². The van der Waals surface area contributed by atoms with Crippen LogP contribution in [0.2, 0.25) is 0 Å². The first kappa shape index (κ1) is 13.5. The summed E-state index contributed by atoms with van der Waals surface area (Å²) in [5.41, 5.74) is 2.60. The molecule has 0 radical (unpaired) electrons. The Hall–Kier alpha value is -0.890. The van der Waals surface area contributed by atoms with E-state index < -0.39 is 0 Å². The SMILES string of the molecule is CCCNC(CCC)C1CCc2cc(F)ccc21. The second-order valence-electron chi connectivity index (χ2n) is 5.34. The van der Waals surface area contributed by atoms with E-state index >= 15 is 0 Å². The first-order valence-electron chi connectivity index (χ1n) is 7.28. The molecule has 0 fully saturated rings. The van der Waals surface area contributed by atoms with E-state index in [4.69, 9.17) is 0 Å². The molecule has 0 saturated carbocycles. The van der Waals surface area contributed by atoms with E-state index in [9.17, 15) is 4.39 Å². The fraction of sp³-hybridized carbons (Fsp3) is 0.625. The van der Waals surface area contributed by atoms with Crippen LogP contribution in [-0.4, -0.2) is 12.6 Å². The average Bonchev–Trinajstić information content (AvgIpc) is 2.77. The van der Waals surface area contributed by atoms with Gasteiger partial charge in [-0.2, -0.15) is 0 Å². The first-order valence-corrected chi connectivity index (χ1v) is 7.28. The van der Waals surface area contributed by atoms with Gasteiger partial charge in [0.05, 0.1) is 0 Å². The molecule has 1 nitrogen and oxygen atoms in total. The van der Waals surface area contributed by atoms with Crippen LogP contribution in [0.25, 0.3) is 0 Å². The van der Waals surface area contributed by atoms with Gasteiger partial charge in [0.1, 0.15) is 5.82 Å². The van der Waals surface area contributed by atoms with Gasteiger partial charge in [0.2, 0.25) is 0 Å². The van der Waals surface area contributed by atoms with Gasteiger partial charge in [0.25, 0.3) is 0 Å². The lowest BCUT2D eigenvalue weighted by atomic mass is 9.90. The average molecular weight is 249 g/mol. The molecule has 1 N–H and O–H groups in total. The van der Waals surface area contributed by atoms with Crippen molar-refractivity contribution in [1.82, 2.24) is 5.32 Å². The Kier molecular flexibility index (Phi) is 4.76. The minimum atomic E-state index is -0.0945. The van der Waals surface area contributed by atoms with Crippen LogP contribution >= 0.6 is 0 Å². The van der Waals surface area contributed by atoms with Crippen LogP contribution in [0.15, 0.2) is 18.2 Å². The van der Waals surface area contributed by atoms with Crippen LogP contribution in [0.1, 0.15) is 56.6 Å². The molecule has 1 aliphatic rings. The molecule has 0 aliphatic heterocycles. The lowest BCUT2D eigenvalue weighted by Crippen LogP contribution is -2.34. The highest BCUT2D eigenvalue weighted by Crippen LogP contribution is 2.37. The zero-order chi connectivity index (χ0) is 13.0. The summed E-state index contributed by atoms with van der Waals surface area (Å²) >= 11 is 0. The van der Waals surface area contributed by atoms with Gasteiger partial charge >= 0.3 is 0 Å². The van der Waals surface area contributed by atoms with Gasteiger partial charge in [-0.25, -0.2) is 4.39 Å². The normalized spacial score (nSPS) is 19.8. The van der Waals surface area contributed by atoms with Crippen LogP contribution in [0.4, 0.5) is 4.39 Å². The molecule has 0 bridgehead atoms. The van der Waals surface area contributed by atoms with Crippen molar-refractivity contribution in [2.24, 2.45) is 0 Å². The maximum Gasteiger partial charge on any atom is 0.123 e. The van der Waals surface area contributed by atoms with Gasteiger partial charge in [-0.1, -0.05) is 26.3 Å². The highest BCUT2D eigenvalue weighted by molar-refractivity contribution is 5.36. The summed E-state index contributed by atoms with van der Waals surface area (Å²) in [6.45, 7) is 5.52. The molecular weight excluding hydrogens is 225 g/mol. The largest absolute Gasteiger partial charge is 0.313 e. The molecule has 0 spiro atoms. The van der Waals surface area contributed by atoms with Gasteiger partial charge in [-0.05, 0) is 61.4 Å². The van der Waals surface area contributed by atoms with Crippen LogP contribution in [-0.2, 0) is 6.42 Å². The predicted octanol–water partition coefficient (Wildman–Crippen LogP) is 4.02. The molecule has 18 heavy (non-hydrogen) atoms. The molecule has 2 heteroatoms. The summed E-state index contributed by atoms with van der Waals surface area (Å²) in [5.74, 6) is 0.482. The second-order valence-corrected chi connectivity index (χ2v) is 5.34. The zero-order valence-electron chi connectivity index (χ0n) is 11.5. The predicted molar refractivity (Wildman–Crippen MR) is 74.5 cm³/mol. The summed E-state index contributed by atoms with van der Waals surface area (Å²) in [7, 11) is 0. The highest BCUT2D eigenvalue weighted by atomic mass is 19.1. The monoisotopic (exact) mass is 249 g/mol. The Morgan fingerprint density at radius 1 is 1.33 bits per heavy atom. The maximum absolute atomic E-state index is 13.2. The third-order valence-electron chi connectivity index (χ3n) is 3.97. The Morgan fingerprint density at radius 3 is 2.89 bits per heavy atom. The minimum absolute atomic E-state index is 0.0945. The number of hydrogen-bond donors (Lipinski definition) is 1. The fourth-order valence-corrected chi connectivity index (χ4v) is 3.12. The molecule has 0 heterocycles. The van der Waals surface area contributed by atoms with Crippen molar-refractivity contribution in [1.29, 1.82) is 0 Å². The molecule has 100 valence electrons. The van der Waals surface area contributed by atoms with Gasteiger partial charge in [-0.3, -0.25) is 0 Å². The molecule has 0 aromatic heterocycles. The van der Waals surface area contributed by atoms with Gasteiger partial charge in [0.15, 0.2) is 0 Å². The Morgan fingerprint density at radius 2 is 2.17 bits per heavy atom. The molecule has 0 amide bonds. The Labute approximate surface area is 110 Å². The Balaban J connectivity index is 2.13. The van der Waals surface area contributed by atoms with Crippen molar-refractivity contribution in [2.75, 3.05) is 6.54 Å². The molecular formula is C16H24FN. The fourth-order valence-electron chi connectivity index (χ4n) is 3.12. The number of fused-ring (bicyclic) bond motifs is 1. The first-order chi connectivity index (χ1) is 8.76. The number of halogens is 1. The lowest BCUT2D eigenvalue weighted by Gasteiger charge is -2.25. The zero-order valence-corrected chi connectivity index (χ0v) is 11.5. The number of nitrogens with one attached hydrogen (secondary N) is 1. The van der Waals surface area contributed by atoms with Gasteiger partial charge in [-0.15, -0.1) is 0 Å². The maximum atomic E-state index is 13.2. The van der Waals surface area contributed by atoms with Gasteiger partial charge in [0, 0.05) is 6.04 Å². The van der Waals surface area contributed by atoms with Crippen LogP contribution in [0.3, 0.4) is 0 Å². The molecule has 0 saturated heterocycles. The number of aryl methyl sites for hydroxylation is 1. The van der Waals surface area contributed by atoms with Crippen molar-refractivity contribution >= 4 is 0 Å². The number of benzene rings is 1. The molecule has 1 aromatic carbocycles.